The number of hydrogen-bond acceptors (Lipinski definition) is 1. The van der Waals surface area contributed by atoms with E-state index in [1.54, 1.807) is 0 Å². The Kier molecular flexibility index (Phi) is 3.38. The highest BCUT2D eigenvalue weighted by Crippen LogP contribution is 2.29. The summed E-state index contributed by atoms with van der Waals surface area (Å²) in [6.45, 7) is 6.95. The lowest BCUT2D eigenvalue weighted by Gasteiger charge is -2.27. The van der Waals surface area contributed by atoms with Gasteiger partial charge in [-0.1, -0.05) is 29.8 Å². The summed E-state index contributed by atoms with van der Waals surface area (Å²) in [6, 6.07) is 0. The van der Waals surface area contributed by atoms with Crippen molar-refractivity contribution >= 4 is 15.9 Å². The topological polar surface area (TPSA) is 12.0 Å². The molecule has 1 saturated heterocycles. The minimum atomic E-state index is 0.342. The Labute approximate surface area is 78.1 Å². The van der Waals surface area contributed by atoms with Crippen LogP contribution in [0.15, 0.2) is 0 Å². The summed E-state index contributed by atoms with van der Waals surface area (Å²) in [5.74, 6) is 0.936. The van der Waals surface area contributed by atoms with E-state index >= 15 is 0 Å². The first-order chi connectivity index (χ1) is 5.08. The molecule has 0 saturated carbocycles. The number of halogens is 1. The molecule has 0 atom stereocenters. The molecule has 1 N–H and O–H groups in total. The zero-order valence-electron chi connectivity index (χ0n) is 7.49. The van der Waals surface area contributed by atoms with E-state index in [9.17, 15) is 0 Å². The Morgan fingerprint density at radius 1 is 1.36 bits per heavy atom. The highest BCUT2D eigenvalue weighted by Gasteiger charge is 2.21. The summed E-state index contributed by atoms with van der Waals surface area (Å²) in [6.07, 6.45) is 4.03. The van der Waals surface area contributed by atoms with Crippen molar-refractivity contribution in [1.82, 2.24) is 5.32 Å². The van der Waals surface area contributed by atoms with Gasteiger partial charge in [0.25, 0.3) is 0 Å². The van der Waals surface area contributed by atoms with Crippen LogP contribution in [0.3, 0.4) is 0 Å². The Balaban J connectivity index is 2.24. The first-order valence-electron chi connectivity index (χ1n) is 4.47. The van der Waals surface area contributed by atoms with Crippen LogP contribution >= 0.6 is 15.9 Å². The van der Waals surface area contributed by atoms with Crippen LogP contribution in [0, 0.1) is 5.92 Å². The van der Waals surface area contributed by atoms with Crippen LogP contribution in [-0.4, -0.2) is 17.4 Å². The van der Waals surface area contributed by atoms with Gasteiger partial charge in [-0.3, -0.25) is 0 Å². The van der Waals surface area contributed by atoms with Gasteiger partial charge in [-0.25, -0.2) is 0 Å². The van der Waals surface area contributed by atoms with Gasteiger partial charge in [0.15, 0.2) is 0 Å². The van der Waals surface area contributed by atoms with Gasteiger partial charge in [-0.05, 0) is 38.3 Å². The van der Waals surface area contributed by atoms with Crippen LogP contribution in [0.2, 0.25) is 0 Å². The summed E-state index contributed by atoms with van der Waals surface area (Å²) in [4.78, 5) is 0. The van der Waals surface area contributed by atoms with E-state index in [2.05, 4.69) is 35.1 Å². The summed E-state index contributed by atoms with van der Waals surface area (Å²) in [5, 5.41) is 3.39. The van der Waals surface area contributed by atoms with Gasteiger partial charge < -0.3 is 5.32 Å². The molecule has 1 heterocycles. The smallest absolute Gasteiger partial charge is 0.0204 e. The summed E-state index contributed by atoms with van der Waals surface area (Å²) in [7, 11) is 0. The monoisotopic (exact) mass is 219 g/mol. The van der Waals surface area contributed by atoms with Crippen LogP contribution in [0.25, 0.3) is 0 Å². The number of piperidine rings is 1. The van der Waals surface area contributed by atoms with Crippen molar-refractivity contribution in [3.8, 4) is 0 Å². The van der Waals surface area contributed by atoms with E-state index < -0.39 is 0 Å². The fourth-order valence-electron chi connectivity index (χ4n) is 1.77. The lowest BCUT2D eigenvalue weighted by Crippen LogP contribution is -2.30. The Morgan fingerprint density at radius 2 is 1.91 bits per heavy atom. The molecule has 1 aliphatic heterocycles. The van der Waals surface area contributed by atoms with Gasteiger partial charge >= 0.3 is 0 Å². The molecule has 0 amide bonds. The van der Waals surface area contributed by atoms with Gasteiger partial charge in [0.1, 0.15) is 0 Å². The molecular weight excluding hydrogens is 202 g/mol. The molecular formula is C9H18BrN. The second-order valence-corrected chi connectivity index (χ2v) is 6.26. The number of alkyl halides is 1. The van der Waals surface area contributed by atoms with E-state index in [4.69, 9.17) is 0 Å². The standard InChI is InChI=1S/C9H18BrN/c1-9(2,10)7-8-3-5-11-6-4-8/h8,11H,3-7H2,1-2H3. The van der Waals surface area contributed by atoms with Crippen LogP contribution in [-0.2, 0) is 0 Å². The maximum Gasteiger partial charge on any atom is 0.0204 e. The first-order valence-corrected chi connectivity index (χ1v) is 5.27. The SMILES string of the molecule is CC(C)(Br)CC1CCNCC1. The molecule has 0 spiro atoms. The molecule has 0 aromatic heterocycles. The maximum absolute atomic E-state index is 3.69. The number of rotatable bonds is 2. The third-order valence-corrected chi connectivity index (χ3v) is 2.56. The van der Waals surface area contributed by atoms with E-state index in [0.717, 1.165) is 5.92 Å². The average molecular weight is 220 g/mol. The summed E-state index contributed by atoms with van der Waals surface area (Å²) >= 11 is 3.69. The molecule has 0 aromatic carbocycles. The molecule has 2 heteroatoms. The summed E-state index contributed by atoms with van der Waals surface area (Å²) < 4.78 is 0.342. The third-order valence-electron chi connectivity index (χ3n) is 2.23. The quantitative estimate of drug-likeness (QED) is 0.705. The van der Waals surface area contributed by atoms with Gasteiger partial charge in [0, 0.05) is 4.32 Å². The lowest BCUT2D eigenvalue weighted by molar-refractivity contribution is 0.333. The van der Waals surface area contributed by atoms with Crippen molar-refractivity contribution in [2.24, 2.45) is 5.92 Å². The zero-order chi connectivity index (χ0) is 8.32. The fraction of sp³-hybridized carbons (Fsp3) is 1.00. The van der Waals surface area contributed by atoms with Crippen LogP contribution in [0.4, 0.5) is 0 Å². The van der Waals surface area contributed by atoms with Gasteiger partial charge in [-0.15, -0.1) is 0 Å². The molecule has 11 heavy (non-hydrogen) atoms. The Morgan fingerprint density at radius 3 is 2.36 bits per heavy atom. The second kappa shape index (κ2) is 3.90. The van der Waals surface area contributed by atoms with Crippen LogP contribution in [0.1, 0.15) is 33.1 Å². The average Bonchev–Trinajstić information content (AvgIpc) is 1.85. The van der Waals surface area contributed by atoms with Gasteiger partial charge in [0.2, 0.25) is 0 Å². The molecule has 1 fully saturated rings. The van der Waals surface area contributed by atoms with Crippen molar-refractivity contribution in [1.29, 1.82) is 0 Å². The van der Waals surface area contributed by atoms with Gasteiger partial charge in [-0.2, -0.15) is 0 Å². The van der Waals surface area contributed by atoms with E-state index in [0.29, 0.717) is 4.32 Å². The predicted molar refractivity (Wildman–Crippen MR) is 53.2 cm³/mol. The minimum Gasteiger partial charge on any atom is -0.317 e. The molecule has 1 rings (SSSR count). The van der Waals surface area contributed by atoms with Crippen molar-refractivity contribution in [3.05, 3.63) is 0 Å². The van der Waals surface area contributed by atoms with Crippen molar-refractivity contribution in [2.45, 2.75) is 37.4 Å². The minimum absolute atomic E-state index is 0.342. The maximum atomic E-state index is 3.69. The van der Waals surface area contributed by atoms with Crippen molar-refractivity contribution in [2.75, 3.05) is 13.1 Å². The van der Waals surface area contributed by atoms with Crippen molar-refractivity contribution < 1.29 is 0 Å². The molecule has 66 valence electrons. The molecule has 0 aliphatic carbocycles. The van der Waals surface area contributed by atoms with Crippen molar-refractivity contribution in [3.63, 3.8) is 0 Å². The first kappa shape index (κ1) is 9.53. The second-order valence-electron chi connectivity index (χ2n) is 4.12. The van der Waals surface area contributed by atoms with Gasteiger partial charge in [0.05, 0.1) is 0 Å². The highest BCUT2D eigenvalue weighted by molar-refractivity contribution is 9.10. The molecule has 0 unspecified atom stereocenters. The van der Waals surface area contributed by atoms with Crippen LogP contribution < -0.4 is 5.32 Å². The Hall–Kier alpha value is 0.440. The molecule has 0 aromatic rings. The zero-order valence-corrected chi connectivity index (χ0v) is 9.08. The number of nitrogens with one attached hydrogen (secondary N) is 1. The molecule has 0 bridgehead atoms. The third kappa shape index (κ3) is 4.12. The largest absolute Gasteiger partial charge is 0.317 e. The Bertz CT molecular complexity index is 111. The molecule has 1 nitrogen and oxygen atoms in total. The molecule has 0 radical (unpaired) electrons. The lowest BCUT2D eigenvalue weighted by atomic mass is 9.89. The van der Waals surface area contributed by atoms with E-state index in [-0.39, 0.29) is 0 Å². The normalized spacial score (nSPS) is 22.1. The highest BCUT2D eigenvalue weighted by atomic mass is 79.9. The predicted octanol–water partition coefficient (Wildman–Crippen LogP) is 2.55. The fourth-order valence-corrected chi connectivity index (χ4v) is 2.23. The molecule has 1 aliphatic rings. The van der Waals surface area contributed by atoms with E-state index in [1.807, 2.05) is 0 Å². The summed E-state index contributed by atoms with van der Waals surface area (Å²) in [5.41, 5.74) is 0. The van der Waals surface area contributed by atoms with E-state index in [1.165, 1.54) is 32.4 Å². The van der Waals surface area contributed by atoms with Crippen LogP contribution in [0.5, 0.6) is 0 Å². The number of hydrogen-bond donors (Lipinski definition) is 1.